The number of hydrogen-bond donors (Lipinski definition) is 1. The van der Waals surface area contributed by atoms with Gasteiger partial charge >= 0.3 is 0 Å². The van der Waals surface area contributed by atoms with Gasteiger partial charge in [-0.25, -0.2) is 8.42 Å². The monoisotopic (exact) mass is 471 g/mol. The van der Waals surface area contributed by atoms with Gasteiger partial charge in [-0.05, 0) is 50.1 Å². The van der Waals surface area contributed by atoms with Crippen molar-refractivity contribution >= 4 is 33.1 Å². The van der Waals surface area contributed by atoms with Gasteiger partial charge in [0.15, 0.2) is 5.78 Å². The Morgan fingerprint density at radius 2 is 1.67 bits per heavy atom. The maximum absolute atomic E-state index is 13.4. The molecule has 0 atom stereocenters. The number of ketones is 1. The van der Waals surface area contributed by atoms with Crippen LogP contribution >= 0.6 is 0 Å². The Bertz CT molecular complexity index is 1140. The van der Waals surface area contributed by atoms with E-state index >= 15 is 0 Å². The molecule has 2 heterocycles. The van der Waals surface area contributed by atoms with Crippen LogP contribution in [0.15, 0.2) is 47.4 Å². The third kappa shape index (κ3) is 5.26. The summed E-state index contributed by atoms with van der Waals surface area (Å²) in [5, 5.41) is 2.83. The number of morpholine rings is 1. The molecule has 2 aromatic carbocycles. The minimum atomic E-state index is -3.69. The molecule has 2 aliphatic heterocycles. The minimum absolute atomic E-state index is 0.102. The fourth-order valence-corrected chi connectivity index (χ4v) is 5.75. The van der Waals surface area contributed by atoms with Crippen LogP contribution in [0.3, 0.4) is 0 Å². The maximum atomic E-state index is 13.4. The highest BCUT2D eigenvalue weighted by atomic mass is 32.2. The first-order valence-electron chi connectivity index (χ1n) is 11.3. The lowest BCUT2D eigenvalue weighted by Crippen LogP contribution is -2.38. The van der Waals surface area contributed by atoms with Gasteiger partial charge in [0.2, 0.25) is 10.0 Å². The van der Waals surface area contributed by atoms with Crippen LogP contribution in [-0.2, 0) is 14.8 Å². The van der Waals surface area contributed by atoms with Crippen molar-refractivity contribution in [3.8, 4) is 0 Å². The van der Waals surface area contributed by atoms with Crippen LogP contribution in [0.1, 0.15) is 46.9 Å². The zero-order valence-corrected chi connectivity index (χ0v) is 19.6. The van der Waals surface area contributed by atoms with Gasteiger partial charge in [-0.15, -0.1) is 0 Å². The number of benzene rings is 2. The molecule has 2 saturated heterocycles. The van der Waals surface area contributed by atoms with Crippen LogP contribution in [0.4, 0.5) is 11.4 Å². The van der Waals surface area contributed by atoms with Crippen molar-refractivity contribution in [2.45, 2.75) is 31.1 Å². The normalized spacial score (nSPS) is 17.5. The zero-order chi connectivity index (χ0) is 23.4. The van der Waals surface area contributed by atoms with E-state index in [-0.39, 0.29) is 16.2 Å². The lowest BCUT2D eigenvalue weighted by atomic mass is 10.1. The van der Waals surface area contributed by atoms with E-state index < -0.39 is 15.9 Å². The van der Waals surface area contributed by atoms with Crippen molar-refractivity contribution in [2.24, 2.45) is 0 Å². The predicted octanol–water partition coefficient (Wildman–Crippen LogP) is 3.15. The van der Waals surface area contributed by atoms with E-state index in [2.05, 4.69) is 5.32 Å². The molecule has 1 N–H and O–H groups in total. The Morgan fingerprint density at radius 1 is 0.939 bits per heavy atom. The number of rotatable bonds is 6. The number of sulfonamides is 1. The summed E-state index contributed by atoms with van der Waals surface area (Å²) < 4.78 is 33.4. The van der Waals surface area contributed by atoms with E-state index in [0.717, 1.165) is 19.3 Å². The highest BCUT2D eigenvalue weighted by Gasteiger charge is 2.28. The molecule has 0 aliphatic carbocycles. The Hall–Kier alpha value is -2.75. The molecule has 0 aromatic heterocycles. The third-order valence-corrected chi connectivity index (χ3v) is 7.94. The van der Waals surface area contributed by atoms with Crippen molar-refractivity contribution in [3.63, 3.8) is 0 Å². The fraction of sp³-hybridized carbons (Fsp3) is 0.417. The second-order valence-electron chi connectivity index (χ2n) is 8.33. The van der Waals surface area contributed by atoms with E-state index in [1.807, 2.05) is 4.90 Å². The van der Waals surface area contributed by atoms with E-state index in [1.165, 1.54) is 17.3 Å². The first-order chi connectivity index (χ1) is 15.9. The molecule has 2 aliphatic rings. The van der Waals surface area contributed by atoms with Gasteiger partial charge in [-0.3, -0.25) is 9.59 Å². The average molecular weight is 472 g/mol. The summed E-state index contributed by atoms with van der Waals surface area (Å²) in [6.07, 6.45) is 2.70. The standard InChI is InChI=1S/C24H29N3O5S/c1-18(28)19-6-5-7-20(16-19)25-24(29)22-17-21(33(30,31)27-10-3-2-4-11-27)8-9-23(22)26-12-14-32-15-13-26/h5-9,16-17H,2-4,10-15H2,1H3,(H,25,29). The SMILES string of the molecule is CC(=O)c1cccc(NC(=O)c2cc(S(=O)(=O)N3CCCCC3)ccc2N2CCOCC2)c1. The number of carbonyl (C=O) groups excluding carboxylic acids is 2. The summed E-state index contributed by atoms with van der Waals surface area (Å²) in [5.41, 5.74) is 1.91. The molecule has 0 radical (unpaired) electrons. The number of nitrogens with zero attached hydrogens (tertiary/aromatic N) is 2. The highest BCUT2D eigenvalue weighted by molar-refractivity contribution is 7.89. The number of ether oxygens (including phenoxy) is 1. The van der Waals surface area contributed by atoms with Crippen LogP contribution in [0, 0.1) is 0 Å². The van der Waals surface area contributed by atoms with Gasteiger partial charge in [-0.1, -0.05) is 18.6 Å². The summed E-state index contributed by atoms with van der Waals surface area (Å²) in [5.74, 6) is -0.525. The molecule has 0 bridgehead atoms. The van der Waals surface area contributed by atoms with Crippen LogP contribution in [-0.4, -0.2) is 63.8 Å². The van der Waals surface area contributed by atoms with Crippen LogP contribution in [0.2, 0.25) is 0 Å². The Kier molecular flexibility index (Phi) is 7.11. The summed E-state index contributed by atoms with van der Waals surface area (Å²) >= 11 is 0. The Balaban J connectivity index is 1.69. The molecule has 4 rings (SSSR count). The third-order valence-electron chi connectivity index (χ3n) is 6.04. The zero-order valence-electron chi connectivity index (χ0n) is 18.7. The lowest BCUT2D eigenvalue weighted by molar-refractivity contribution is 0.101. The summed E-state index contributed by atoms with van der Waals surface area (Å²) in [6.45, 7) is 4.74. The Labute approximate surface area is 194 Å². The van der Waals surface area contributed by atoms with Gasteiger partial charge < -0.3 is 15.0 Å². The van der Waals surface area contributed by atoms with E-state index in [0.29, 0.717) is 56.3 Å². The number of amides is 1. The summed E-state index contributed by atoms with van der Waals surface area (Å²) in [4.78, 5) is 27.2. The van der Waals surface area contributed by atoms with E-state index in [1.54, 1.807) is 36.4 Å². The fourth-order valence-electron chi connectivity index (χ4n) is 4.21. The number of carbonyl (C=O) groups is 2. The molecular weight excluding hydrogens is 442 g/mol. The molecular formula is C24H29N3O5S. The van der Waals surface area contributed by atoms with Crippen LogP contribution in [0.5, 0.6) is 0 Å². The number of anilines is 2. The molecule has 2 fully saturated rings. The van der Waals surface area contributed by atoms with Crippen LogP contribution < -0.4 is 10.2 Å². The smallest absolute Gasteiger partial charge is 0.257 e. The van der Waals surface area contributed by atoms with Crippen molar-refractivity contribution in [1.29, 1.82) is 0 Å². The highest BCUT2D eigenvalue weighted by Crippen LogP contribution is 2.29. The van der Waals surface area contributed by atoms with Gasteiger partial charge in [0.1, 0.15) is 0 Å². The molecule has 176 valence electrons. The summed E-state index contributed by atoms with van der Waals surface area (Å²) in [7, 11) is -3.69. The molecule has 0 spiro atoms. The molecule has 2 aromatic rings. The molecule has 1 amide bonds. The maximum Gasteiger partial charge on any atom is 0.257 e. The number of Topliss-reactive ketones (excluding diaryl/α,β-unsaturated/α-hetero) is 1. The van der Waals surface area contributed by atoms with Crippen LogP contribution in [0.25, 0.3) is 0 Å². The quantitative estimate of drug-likeness (QED) is 0.651. The lowest BCUT2D eigenvalue weighted by Gasteiger charge is -2.31. The predicted molar refractivity (Wildman–Crippen MR) is 126 cm³/mol. The molecule has 0 saturated carbocycles. The first-order valence-corrected chi connectivity index (χ1v) is 12.7. The second-order valence-corrected chi connectivity index (χ2v) is 10.3. The van der Waals surface area contributed by atoms with Crippen molar-refractivity contribution in [3.05, 3.63) is 53.6 Å². The number of nitrogens with one attached hydrogen (secondary N) is 1. The number of piperidine rings is 1. The van der Waals surface area contributed by atoms with Gasteiger partial charge in [0.05, 0.1) is 23.7 Å². The molecule has 33 heavy (non-hydrogen) atoms. The topological polar surface area (TPSA) is 96.0 Å². The largest absolute Gasteiger partial charge is 0.378 e. The molecule has 8 nitrogen and oxygen atoms in total. The second kappa shape index (κ2) is 10.0. The minimum Gasteiger partial charge on any atom is -0.378 e. The van der Waals surface area contributed by atoms with E-state index in [4.69, 9.17) is 4.74 Å². The Morgan fingerprint density at radius 3 is 2.36 bits per heavy atom. The average Bonchev–Trinajstić information content (AvgIpc) is 2.85. The van der Waals surface area contributed by atoms with Crippen molar-refractivity contribution in [2.75, 3.05) is 49.6 Å². The first kappa shape index (κ1) is 23.4. The van der Waals surface area contributed by atoms with Crippen molar-refractivity contribution in [1.82, 2.24) is 4.31 Å². The van der Waals surface area contributed by atoms with Gasteiger partial charge in [0.25, 0.3) is 5.91 Å². The van der Waals surface area contributed by atoms with Gasteiger partial charge in [0, 0.05) is 43.1 Å². The van der Waals surface area contributed by atoms with Crippen molar-refractivity contribution < 1.29 is 22.7 Å². The molecule has 0 unspecified atom stereocenters. The number of hydrogen-bond acceptors (Lipinski definition) is 6. The van der Waals surface area contributed by atoms with E-state index in [9.17, 15) is 18.0 Å². The summed E-state index contributed by atoms with van der Waals surface area (Å²) in [6, 6.07) is 11.5. The molecule has 9 heteroatoms. The van der Waals surface area contributed by atoms with Gasteiger partial charge in [-0.2, -0.15) is 4.31 Å².